The molecule has 1 amide bonds. The minimum Gasteiger partial charge on any atom is -0.354 e. The van der Waals surface area contributed by atoms with Gasteiger partial charge in [0.15, 0.2) is 0 Å². The molecule has 1 rings (SSSR count). The summed E-state index contributed by atoms with van der Waals surface area (Å²) in [5.41, 5.74) is 10.8. The van der Waals surface area contributed by atoms with Crippen molar-refractivity contribution in [1.29, 1.82) is 0 Å². The zero-order valence-electron chi connectivity index (χ0n) is 8.72. The molecule has 0 aromatic heterocycles. The monoisotopic (exact) mass is 199 g/mol. The number of hydrogen-bond acceptors (Lipinski definition) is 3. The minimum atomic E-state index is -0.298. The third-order valence-electron chi connectivity index (χ3n) is 3.11. The van der Waals surface area contributed by atoms with E-state index in [9.17, 15) is 4.79 Å². The van der Waals surface area contributed by atoms with Gasteiger partial charge in [-0.15, -0.1) is 0 Å². The van der Waals surface area contributed by atoms with E-state index in [4.69, 9.17) is 11.5 Å². The Morgan fingerprint density at radius 1 is 1.21 bits per heavy atom. The molecule has 0 atom stereocenters. The van der Waals surface area contributed by atoms with Crippen molar-refractivity contribution in [2.45, 2.75) is 32.1 Å². The number of rotatable bonds is 4. The fourth-order valence-corrected chi connectivity index (χ4v) is 2.13. The zero-order valence-corrected chi connectivity index (χ0v) is 8.72. The quantitative estimate of drug-likeness (QED) is 0.594. The first-order valence-corrected chi connectivity index (χ1v) is 5.43. The van der Waals surface area contributed by atoms with Gasteiger partial charge in [0, 0.05) is 19.6 Å². The fraction of sp³-hybridized carbons (Fsp3) is 0.900. The SMILES string of the molecule is NCCNC(=O)C1(CN)CCCCC1. The summed E-state index contributed by atoms with van der Waals surface area (Å²) >= 11 is 0. The molecular weight excluding hydrogens is 178 g/mol. The Labute approximate surface area is 85.4 Å². The average molecular weight is 199 g/mol. The lowest BCUT2D eigenvalue weighted by Gasteiger charge is -2.34. The van der Waals surface area contributed by atoms with E-state index in [1.165, 1.54) is 6.42 Å². The van der Waals surface area contributed by atoms with Gasteiger partial charge < -0.3 is 16.8 Å². The third-order valence-corrected chi connectivity index (χ3v) is 3.11. The molecule has 4 nitrogen and oxygen atoms in total. The van der Waals surface area contributed by atoms with Crippen LogP contribution < -0.4 is 16.8 Å². The van der Waals surface area contributed by atoms with Gasteiger partial charge in [-0.25, -0.2) is 0 Å². The van der Waals surface area contributed by atoms with Crippen molar-refractivity contribution in [2.75, 3.05) is 19.6 Å². The summed E-state index contributed by atoms with van der Waals surface area (Å²) in [5, 5.41) is 2.85. The molecule has 4 heteroatoms. The Morgan fingerprint density at radius 3 is 2.36 bits per heavy atom. The molecule has 0 aromatic carbocycles. The lowest BCUT2D eigenvalue weighted by molar-refractivity contribution is -0.132. The van der Waals surface area contributed by atoms with E-state index in [1.54, 1.807) is 0 Å². The number of carbonyl (C=O) groups is 1. The van der Waals surface area contributed by atoms with Crippen LogP contribution in [-0.4, -0.2) is 25.5 Å². The van der Waals surface area contributed by atoms with Crippen LogP contribution in [0.5, 0.6) is 0 Å². The fourth-order valence-electron chi connectivity index (χ4n) is 2.13. The van der Waals surface area contributed by atoms with E-state index >= 15 is 0 Å². The van der Waals surface area contributed by atoms with E-state index < -0.39 is 0 Å². The van der Waals surface area contributed by atoms with Gasteiger partial charge in [-0.3, -0.25) is 4.79 Å². The van der Waals surface area contributed by atoms with E-state index in [-0.39, 0.29) is 11.3 Å². The van der Waals surface area contributed by atoms with Crippen molar-refractivity contribution in [3.05, 3.63) is 0 Å². The Hall–Kier alpha value is -0.610. The van der Waals surface area contributed by atoms with Gasteiger partial charge in [0.05, 0.1) is 5.41 Å². The van der Waals surface area contributed by atoms with Crippen molar-refractivity contribution >= 4 is 5.91 Å². The van der Waals surface area contributed by atoms with Crippen molar-refractivity contribution in [1.82, 2.24) is 5.32 Å². The molecule has 1 aliphatic carbocycles. The molecule has 0 saturated heterocycles. The summed E-state index contributed by atoms with van der Waals surface area (Å²) in [6.45, 7) is 1.51. The van der Waals surface area contributed by atoms with Crippen molar-refractivity contribution in [2.24, 2.45) is 16.9 Å². The number of nitrogens with two attached hydrogens (primary N) is 2. The highest BCUT2D eigenvalue weighted by Gasteiger charge is 2.37. The Balaban J connectivity index is 2.53. The van der Waals surface area contributed by atoms with Gasteiger partial charge in [-0.2, -0.15) is 0 Å². The maximum atomic E-state index is 11.9. The van der Waals surface area contributed by atoms with E-state index in [0.717, 1.165) is 25.7 Å². The number of carbonyl (C=O) groups excluding carboxylic acids is 1. The standard InChI is InChI=1S/C10H21N3O/c11-6-7-13-9(14)10(8-12)4-2-1-3-5-10/h1-8,11-12H2,(H,13,14). The maximum absolute atomic E-state index is 11.9. The predicted molar refractivity (Wildman–Crippen MR) is 56.6 cm³/mol. The molecule has 14 heavy (non-hydrogen) atoms. The molecule has 1 saturated carbocycles. The molecular formula is C10H21N3O. The average Bonchev–Trinajstić information content (AvgIpc) is 2.26. The smallest absolute Gasteiger partial charge is 0.227 e. The second-order valence-corrected chi connectivity index (χ2v) is 4.09. The summed E-state index contributed by atoms with van der Waals surface area (Å²) < 4.78 is 0. The van der Waals surface area contributed by atoms with Crippen LogP contribution in [0.15, 0.2) is 0 Å². The molecule has 0 bridgehead atoms. The second-order valence-electron chi connectivity index (χ2n) is 4.09. The Morgan fingerprint density at radius 2 is 1.86 bits per heavy atom. The summed E-state index contributed by atoms with van der Waals surface area (Å²) in [6, 6.07) is 0. The largest absolute Gasteiger partial charge is 0.354 e. The maximum Gasteiger partial charge on any atom is 0.227 e. The van der Waals surface area contributed by atoms with Gasteiger partial charge in [0.1, 0.15) is 0 Å². The van der Waals surface area contributed by atoms with Gasteiger partial charge in [-0.1, -0.05) is 19.3 Å². The van der Waals surface area contributed by atoms with Crippen LogP contribution in [0.3, 0.4) is 0 Å². The zero-order chi connectivity index (χ0) is 10.4. The van der Waals surface area contributed by atoms with Crippen LogP contribution in [-0.2, 0) is 4.79 Å². The molecule has 5 N–H and O–H groups in total. The van der Waals surface area contributed by atoms with Crippen LogP contribution in [0, 0.1) is 5.41 Å². The van der Waals surface area contributed by atoms with Gasteiger partial charge in [0.2, 0.25) is 5.91 Å². The highest BCUT2D eigenvalue weighted by molar-refractivity contribution is 5.83. The molecule has 1 fully saturated rings. The Kier molecular flexibility index (Phi) is 4.35. The summed E-state index contributed by atoms with van der Waals surface area (Å²) in [5.74, 6) is 0.102. The van der Waals surface area contributed by atoms with Crippen LogP contribution >= 0.6 is 0 Å². The van der Waals surface area contributed by atoms with Crippen LogP contribution in [0.4, 0.5) is 0 Å². The first kappa shape index (κ1) is 11.5. The number of hydrogen-bond donors (Lipinski definition) is 3. The van der Waals surface area contributed by atoms with Gasteiger partial charge in [-0.05, 0) is 12.8 Å². The first-order chi connectivity index (χ1) is 6.75. The highest BCUT2D eigenvalue weighted by atomic mass is 16.2. The molecule has 0 radical (unpaired) electrons. The highest BCUT2D eigenvalue weighted by Crippen LogP contribution is 2.35. The van der Waals surface area contributed by atoms with Crippen LogP contribution in [0.25, 0.3) is 0 Å². The normalized spacial score (nSPS) is 20.4. The molecule has 82 valence electrons. The number of nitrogens with one attached hydrogen (secondary N) is 1. The lowest BCUT2D eigenvalue weighted by atomic mass is 9.73. The third kappa shape index (κ3) is 2.45. The van der Waals surface area contributed by atoms with E-state index in [0.29, 0.717) is 19.6 Å². The number of amides is 1. The van der Waals surface area contributed by atoms with Gasteiger partial charge >= 0.3 is 0 Å². The van der Waals surface area contributed by atoms with Crippen LogP contribution in [0.1, 0.15) is 32.1 Å². The van der Waals surface area contributed by atoms with Crippen LogP contribution in [0.2, 0.25) is 0 Å². The van der Waals surface area contributed by atoms with E-state index in [1.807, 2.05) is 0 Å². The summed E-state index contributed by atoms with van der Waals surface area (Å²) in [4.78, 5) is 11.9. The molecule has 0 heterocycles. The topological polar surface area (TPSA) is 81.1 Å². The molecule has 0 unspecified atom stereocenters. The van der Waals surface area contributed by atoms with Crippen molar-refractivity contribution in [3.8, 4) is 0 Å². The van der Waals surface area contributed by atoms with Crippen molar-refractivity contribution < 1.29 is 4.79 Å². The Bertz CT molecular complexity index is 188. The predicted octanol–water partition coefficient (Wildman–Crippen LogP) is -0.0295. The van der Waals surface area contributed by atoms with Crippen molar-refractivity contribution in [3.63, 3.8) is 0 Å². The lowest BCUT2D eigenvalue weighted by Crippen LogP contribution is -2.48. The van der Waals surface area contributed by atoms with Gasteiger partial charge in [0.25, 0.3) is 0 Å². The first-order valence-electron chi connectivity index (χ1n) is 5.43. The molecule has 1 aliphatic rings. The molecule has 0 spiro atoms. The molecule has 0 aromatic rings. The van der Waals surface area contributed by atoms with E-state index in [2.05, 4.69) is 5.32 Å². The summed E-state index contributed by atoms with van der Waals surface area (Å²) in [6.07, 6.45) is 5.33. The molecule has 0 aliphatic heterocycles. The minimum absolute atomic E-state index is 0.102. The summed E-state index contributed by atoms with van der Waals surface area (Å²) in [7, 11) is 0. The second kappa shape index (κ2) is 5.32.